The highest BCUT2D eigenvalue weighted by atomic mass is 35.5. The zero-order valence-electron chi connectivity index (χ0n) is 14.9. The highest BCUT2D eigenvalue weighted by Gasteiger charge is 2.13. The summed E-state index contributed by atoms with van der Waals surface area (Å²) in [5.41, 5.74) is 1.17. The number of anilines is 1. The van der Waals surface area contributed by atoms with Gasteiger partial charge in [0.2, 0.25) is 0 Å². The van der Waals surface area contributed by atoms with Crippen LogP contribution in [0.2, 0.25) is 5.02 Å². The predicted molar refractivity (Wildman–Crippen MR) is 105 cm³/mol. The van der Waals surface area contributed by atoms with Gasteiger partial charge in [-0.2, -0.15) is 0 Å². The van der Waals surface area contributed by atoms with E-state index in [9.17, 15) is 9.18 Å². The molecule has 6 heteroatoms. The summed E-state index contributed by atoms with van der Waals surface area (Å²) < 4.78 is 19.2. The molecule has 2 aromatic rings. The Balaban J connectivity index is 2.22. The van der Waals surface area contributed by atoms with Crippen LogP contribution < -0.4 is 10.1 Å². The Kier molecular flexibility index (Phi) is 7.60. The fourth-order valence-electron chi connectivity index (χ4n) is 2.32. The van der Waals surface area contributed by atoms with Gasteiger partial charge in [-0.25, -0.2) is 9.38 Å². The zero-order valence-corrected chi connectivity index (χ0v) is 15.6. The highest BCUT2D eigenvalue weighted by molar-refractivity contribution is 6.41. The third kappa shape index (κ3) is 5.85. The van der Waals surface area contributed by atoms with E-state index in [4.69, 9.17) is 16.3 Å². The number of carbonyl (C=O) groups excluding carboxylic acids is 1. The smallest absolute Gasteiger partial charge is 0.178 e. The molecule has 1 N–H and O–H groups in total. The minimum Gasteiger partial charge on any atom is -0.497 e. The second-order valence-corrected chi connectivity index (χ2v) is 6.20. The number of carbonyl (C=O) groups is 1. The molecule has 2 aromatic carbocycles. The van der Waals surface area contributed by atoms with Crippen molar-refractivity contribution in [3.63, 3.8) is 0 Å². The van der Waals surface area contributed by atoms with Crippen molar-refractivity contribution < 1.29 is 13.9 Å². The average Bonchev–Trinajstić information content (AvgIpc) is 2.64. The van der Waals surface area contributed by atoms with E-state index < -0.39 is 5.82 Å². The lowest BCUT2D eigenvalue weighted by molar-refractivity contribution is -0.113. The summed E-state index contributed by atoms with van der Waals surface area (Å²) in [7, 11) is 1.59. The molecule has 0 saturated carbocycles. The van der Waals surface area contributed by atoms with E-state index in [-0.39, 0.29) is 28.7 Å². The van der Waals surface area contributed by atoms with Crippen LogP contribution in [0.5, 0.6) is 5.75 Å². The Labute approximate surface area is 158 Å². The van der Waals surface area contributed by atoms with Gasteiger partial charge in [-0.15, -0.1) is 0 Å². The molecule has 0 radical (unpaired) electrons. The molecule has 0 aliphatic rings. The van der Waals surface area contributed by atoms with Crippen LogP contribution >= 0.6 is 11.6 Å². The Morgan fingerprint density at radius 3 is 2.77 bits per heavy atom. The van der Waals surface area contributed by atoms with Gasteiger partial charge < -0.3 is 10.1 Å². The van der Waals surface area contributed by atoms with E-state index in [1.54, 1.807) is 13.2 Å². The number of methoxy groups -OCH3 is 1. The lowest BCUT2D eigenvalue weighted by Gasteiger charge is -2.10. The van der Waals surface area contributed by atoms with Gasteiger partial charge in [-0.05, 0) is 36.8 Å². The first-order chi connectivity index (χ1) is 12.5. The predicted octanol–water partition coefficient (Wildman–Crippen LogP) is 5.43. The SMILES string of the molecule is CCCCC(=O)C(CNc1cccc(OC)c1)=Nc1ccc(Cl)cc1F. The second kappa shape index (κ2) is 9.92. The Bertz CT molecular complexity index is 793. The molecule has 0 heterocycles. The molecule has 0 spiro atoms. The van der Waals surface area contributed by atoms with E-state index in [2.05, 4.69) is 10.3 Å². The number of ketones is 1. The number of halogens is 2. The molecular weight excluding hydrogens is 355 g/mol. The number of nitrogens with one attached hydrogen (secondary N) is 1. The van der Waals surface area contributed by atoms with Crippen LogP contribution in [0.15, 0.2) is 47.5 Å². The van der Waals surface area contributed by atoms with Crippen LogP contribution in [0, 0.1) is 5.82 Å². The van der Waals surface area contributed by atoms with Crippen LogP contribution in [0.4, 0.5) is 15.8 Å². The average molecular weight is 377 g/mol. The standard InChI is InChI=1S/C20H22ClFN2O2/c1-3-4-8-20(25)19(24-18-10-9-14(21)11-17(18)22)13-23-15-6-5-7-16(12-15)26-2/h5-7,9-12,23H,3-4,8,13H2,1-2H3. The number of ether oxygens (including phenoxy) is 1. The number of Topliss-reactive ketones (excluding diaryl/α,β-unsaturated/α-hetero) is 1. The minimum absolute atomic E-state index is 0.0988. The lowest BCUT2D eigenvalue weighted by Crippen LogP contribution is -2.23. The first kappa shape index (κ1) is 19.9. The fourth-order valence-corrected chi connectivity index (χ4v) is 2.48. The first-order valence-corrected chi connectivity index (χ1v) is 8.85. The van der Waals surface area contributed by atoms with Gasteiger partial charge in [-0.1, -0.05) is 31.0 Å². The summed E-state index contributed by atoms with van der Waals surface area (Å²) >= 11 is 5.77. The van der Waals surface area contributed by atoms with Crippen molar-refractivity contribution in [2.45, 2.75) is 26.2 Å². The third-order valence-corrected chi connectivity index (χ3v) is 4.01. The van der Waals surface area contributed by atoms with Crippen molar-refractivity contribution in [2.75, 3.05) is 19.0 Å². The summed E-state index contributed by atoms with van der Waals surface area (Å²) in [5.74, 6) is 0.0470. The molecule has 0 fully saturated rings. The zero-order chi connectivity index (χ0) is 18.9. The molecule has 26 heavy (non-hydrogen) atoms. The Morgan fingerprint density at radius 2 is 2.08 bits per heavy atom. The second-order valence-electron chi connectivity index (χ2n) is 5.77. The normalized spacial score (nSPS) is 11.3. The van der Waals surface area contributed by atoms with Crippen molar-refractivity contribution >= 4 is 34.5 Å². The fraction of sp³-hybridized carbons (Fsp3) is 0.300. The molecule has 0 atom stereocenters. The number of unbranched alkanes of at least 4 members (excludes halogenated alkanes) is 1. The molecular formula is C20H22ClFN2O2. The maximum absolute atomic E-state index is 14.0. The quantitative estimate of drug-likeness (QED) is 0.593. The molecule has 4 nitrogen and oxygen atoms in total. The van der Waals surface area contributed by atoms with Gasteiger partial charge in [0, 0.05) is 23.2 Å². The summed E-state index contributed by atoms with van der Waals surface area (Å²) in [6, 6.07) is 11.6. The molecule has 0 amide bonds. The summed E-state index contributed by atoms with van der Waals surface area (Å²) in [5, 5.41) is 3.43. The van der Waals surface area contributed by atoms with Gasteiger partial charge in [0.15, 0.2) is 5.78 Å². The van der Waals surface area contributed by atoms with E-state index in [1.807, 2.05) is 31.2 Å². The van der Waals surface area contributed by atoms with Crippen LogP contribution in [0.1, 0.15) is 26.2 Å². The molecule has 0 bridgehead atoms. The van der Waals surface area contributed by atoms with Crippen molar-refractivity contribution in [2.24, 2.45) is 4.99 Å². The van der Waals surface area contributed by atoms with Crippen molar-refractivity contribution in [3.05, 3.63) is 53.3 Å². The van der Waals surface area contributed by atoms with Gasteiger partial charge >= 0.3 is 0 Å². The molecule has 0 unspecified atom stereocenters. The van der Waals surface area contributed by atoms with Gasteiger partial charge in [0.05, 0.1) is 19.3 Å². The number of rotatable bonds is 9. The summed E-state index contributed by atoms with van der Waals surface area (Å²) in [4.78, 5) is 16.7. The molecule has 0 aliphatic carbocycles. The van der Waals surface area contributed by atoms with Crippen molar-refractivity contribution in [1.29, 1.82) is 0 Å². The number of benzene rings is 2. The van der Waals surface area contributed by atoms with Gasteiger partial charge in [-0.3, -0.25) is 4.79 Å². The topological polar surface area (TPSA) is 50.7 Å². The van der Waals surface area contributed by atoms with Crippen LogP contribution in [-0.4, -0.2) is 25.1 Å². The van der Waals surface area contributed by atoms with Gasteiger partial charge in [0.1, 0.15) is 17.3 Å². The highest BCUT2D eigenvalue weighted by Crippen LogP contribution is 2.22. The van der Waals surface area contributed by atoms with Crippen molar-refractivity contribution in [3.8, 4) is 5.75 Å². The molecule has 2 rings (SSSR count). The minimum atomic E-state index is -0.556. The molecule has 138 valence electrons. The monoisotopic (exact) mass is 376 g/mol. The number of nitrogens with zero attached hydrogens (tertiary/aromatic N) is 1. The van der Waals surface area contributed by atoms with E-state index >= 15 is 0 Å². The first-order valence-electron chi connectivity index (χ1n) is 8.47. The van der Waals surface area contributed by atoms with Gasteiger partial charge in [0.25, 0.3) is 0 Å². The number of aliphatic imine (C=N–C) groups is 1. The summed E-state index contributed by atoms with van der Waals surface area (Å²) in [6.45, 7) is 2.20. The van der Waals surface area contributed by atoms with Crippen molar-refractivity contribution in [1.82, 2.24) is 0 Å². The van der Waals surface area contributed by atoms with Crippen LogP contribution in [-0.2, 0) is 4.79 Å². The van der Waals surface area contributed by atoms with E-state index in [0.29, 0.717) is 12.2 Å². The Hall–Kier alpha value is -2.40. The van der Waals surface area contributed by atoms with E-state index in [0.717, 1.165) is 18.5 Å². The lowest BCUT2D eigenvalue weighted by atomic mass is 10.1. The number of hydrogen-bond acceptors (Lipinski definition) is 4. The Morgan fingerprint density at radius 1 is 1.27 bits per heavy atom. The van der Waals surface area contributed by atoms with Crippen LogP contribution in [0.3, 0.4) is 0 Å². The molecule has 0 aromatic heterocycles. The third-order valence-electron chi connectivity index (χ3n) is 3.77. The number of hydrogen-bond donors (Lipinski definition) is 1. The molecule has 0 saturated heterocycles. The van der Waals surface area contributed by atoms with Crippen LogP contribution in [0.25, 0.3) is 0 Å². The molecule has 0 aliphatic heterocycles. The maximum atomic E-state index is 14.0. The summed E-state index contributed by atoms with van der Waals surface area (Å²) in [6.07, 6.45) is 2.04. The maximum Gasteiger partial charge on any atom is 0.178 e. The largest absolute Gasteiger partial charge is 0.497 e. The van der Waals surface area contributed by atoms with E-state index in [1.165, 1.54) is 12.1 Å².